The minimum absolute atomic E-state index is 0.0206. The molecule has 5 rings (SSSR count). The number of nitrogens with one attached hydrogen (secondary N) is 1. The van der Waals surface area contributed by atoms with Crippen LogP contribution in [0.2, 0.25) is 0 Å². The summed E-state index contributed by atoms with van der Waals surface area (Å²) in [7, 11) is 0. The lowest BCUT2D eigenvalue weighted by Gasteiger charge is -2.33. The summed E-state index contributed by atoms with van der Waals surface area (Å²) in [6.45, 7) is 7.78. The van der Waals surface area contributed by atoms with E-state index in [1.165, 1.54) is 16.7 Å². The van der Waals surface area contributed by atoms with Crippen molar-refractivity contribution in [3.05, 3.63) is 88.3 Å². The fourth-order valence-corrected chi connectivity index (χ4v) is 4.65. The Morgan fingerprint density at radius 3 is 2.64 bits per heavy atom. The Balaban J connectivity index is 1.52. The van der Waals surface area contributed by atoms with Gasteiger partial charge in [-0.2, -0.15) is 5.10 Å². The average molecular weight is 442 g/mol. The number of allylic oxidation sites excluding steroid dienone is 1. The van der Waals surface area contributed by atoms with E-state index in [0.717, 1.165) is 60.2 Å². The molecule has 1 aromatic heterocycles. The zero-order chi connectivity index (χ0) is 22.9. The van der Waals surface area contributed by atoms with Gasteiger partial charge in [-0.3, -0.25) is 4.99 Å². The number of hydrogen-bond acceptors (Lipinski definition) is 4. The van der Waals surface area contributed by atoms with Crippen LogP contribution < -0.4 is 10.2 Å². The molecule has 3 aromatic rings. The van der Waals surface area contributed by atoms with E-state index in [1.54, 1.807) is 0 Å². The van der Waals surface area contributed by atoms with Crippen LogP contribution in [0.4, 0.5) is 5.82 Å². The van der Waals surface area contributed by atoms with Crippen LogP contribution in [-0.4, -0.2) is 39.9 Å². The third kappa shape index (κ3) is 4.18. The zero-order valence-electron chi connectivity index (χ0n) is 19.5. The van der Waals surface area contributed by atoms with E-state index in [1.807, 2.05) is 13.8 Å². The summed E-state index contributed by atoms with van der Waals surface area (Å²) in [5.41, 5.74) is 8.33. The topological polar surface area (TPSA) is 65.7 Å². The first kappa shape index (κ1) is 21.5. The number of anilines is 1. The Bertz CT molecular complexity index is 1240. The quantitative estimate of drug-likeness (QED) is 0.639. The van der Waals surface area contributed by atoms with E-state index in [4.69, 9.17) is 10.1 Å². The molecule has 2 aromatic carbocycles. The molecule has 6 heteroatoms. The van der Waals surface area contributed by atoms with Crippen LogP contribution in [0.1, 0.15) is 42.7 Å². The molecule has 3 heterocycles. The number of hydrogen-bond donors (Lipinski definition) is 2. The van der Waals surface area contributed by atoms with Gasteiger partial charge in [0.1, 0.15) is 11.7 Å². The number of rotatable bonds is 4. The van der Waals surface area contributed by atoms with Gasteiger partial charge < -0.3 is 15.3 Å². The number of para-hydroxylation sites is 1. The fourth-order valence-electron chi connectivity index (χ4n) is 4.65. The van der Waals surface area contributed by atoms with Crippen LogP contribution in [0.5, 0.6) is 0 Å². The second kappa shape index (κ2) is 8.87. The molecule has 2 aliphatic heterocycles. The molecule has 0 radical (unpaired) electrons. The summed E-state index contributed by atoms with van der Waals surface area (Å²) in [5.74, 6) is 1.95. The maximum Gasteiger partial charge on any atom is 0.133 e. The number of amidine groups is 1. The normalized spacial score (nSPS) is 17.6. The van der Waals surface area contributed by atoms with Crippen molar-refractivity contribution < 1.29 is 5.11 Å². The van der Waals surface area contributed by atoms with Gasteiger partial charge in [-0.25, -0.2) is 4.68 Å². The Morgan fingerprint density at radius 1 is 1.06 bits per heavy atom. The van der Waals surface area contributed by atoms with Crippen molar-refractivity contribution in [2.75, 3.05) is 18.1 Å². The van der Waals surface area contributed by atoms with Gasteiger partial charge in [0.15, 0.2) is 0 Å². The summed E-state index contributed by atoms with van der Waals surface area (Å²) in [4.78, 5) is 7.23. The predicted octanol–water partition coefficient (Wildman–Crippen LogP) is 4.14. The molecular formula is C27H31N5O. The number of aliphatic hydroxyl groups excluding tert-OH is 1. The number of aromatic nitrogens is 2. The van der Waals surface area contributed by atoms with Crippen LogP contribution in [-0.2, 0) is 13.0 Å². The van der Waals surface area contributed by atoms with Gasteiger partial charge in [0.2, 0.25) is 0 Å². The molecule has 1 unspecified atom stereocenters. The molecule has 0 saturated carbocycles. The van der Waals surface area contributed by atoms with Gasteiger partial charge in [0, 0.05) is 23.9 Å². The molecule has 33 heavy (non-hydrogen) atoms. The first-order valence-electron chi connectivity index (χ1n) is 11.7. The summed E-state index contributed by atoms with van der Waals surface area (Å²) >= 11 is 0. The van der Waals surface area contributed by atoms with Crippen molar-refractivity contribution in [3.63, 3.8) is 0 Å². The number of aliphatic imine (C=N–C) groups is 1. The number of nitrogens with zero attached hydrogens (tertiary/aromatic N) is 4. The summed E-state index contributed by atoms with van der Waals surface area (Å²) in [5, 5.41) is 18.1. The molecule has 6 nitrogen and oxygen atoms in total. The highest BCUT2D eigenvalue weighted by atomic mass is 16.3. The molecule has 0 amide bonds. The number of benzene rings is 2. The lowest BCUT2D eigenvalue weighted by atomic mass is 9.96. The minimum Gasteiger partial charge on any atom is -0.394 e. The highest BCUT2D eigenvalue weighted by molar-refractivity contribution is 6.01. The first-order valence-corrected chi connectivity index (χ1v) is 11.7. The van der Waals surface area contributed by atoms with Crippen LogP contribution in [0.25, 0.3) is 5.69 Å². The van der Waals surface area contributed by atoms with Gasteiger partial charge in [0.05, 0.1) is 30.6 Å². The van der Waals surface area contributed by atoms with Crippen LogP contribution in [0.3, 0.4) is 0 Å². The first-order chi connectivity index (χ1) is 16.0. The molecule has 0 spiro atoms. The predicted molar refractivity (Wildman–Crippen MR) is 133 cm³/mol. The van der Waals surface area contributed by atoms with Crippen molar-refractivity contribution in [2.45, 2.75) is 46.2 Å². The van der Waals surface area contributed by atoms with Crippen molar-refractivity contribution in [1.29, 1.82) is 0 Å². The molecule has 170 valence electrons. The van der Waals surface area contributed by atoms with Gasteiger partial charge in [-0.05, 0) is 50.8 Å². The van der Waals surface area contributed by atoms with Crippen molar-refractivity contribution in [2.24, 2.45) is 4.99 Å². The maximum absolute atomic E-state index is 9.66. The molecule has 0 aliphatic carbocycles. The number of fused-ring (bicyclic) bond motifs is 4. The fraction of sp³-hybridized carbons (Fsp3) is 0.333. The summed E-state index contributed by atoms with van der Waals surface area (Å²) < 4.78 is 2.06. The minimum atomic E-state index is -0.174. The van der Waals surface area contributed by atoms with E-state index < -0.39 is 0 Å². The van der Waals surface area contributed by atoms with Crippen LogP contribution >= 0.6 is 0 Å². The van der Waals surface area contributed by atoms with E-state index >= 15 is 0 Å². The molecule has 0 saturated heterocycles. The Morgan fingerprint density at radius 2 is 1.82 bits per heavy atom. The van der Waals surface area contributed by atoms with Crippen molar-refractivity contribution in [3.8, 4) is 5.69 Å². The highest BCUT2D eigenvalue weighted by Gasteiger charge is 2.26. The van der Waals surface area contributed by atoms with E-state index in [0.29, 0.717) is 0 Å². The lowest BCUT2D eigenvalue weighted by molar-refractivity contribution is 0.274. The lowest BCUT2D eigenvalue weighted by Crippen LogP contribution is -2.38. The average Bonchev–Trinajstić information content (AvgIpc) is 3.23. The van der Waals surface area contributed by atoms with Gasteiger partial charge in [0.25, 0.3) is 0 Å². The van der Waals surface area contributed by atoms with Crippen LogP contribution in [0, 0.1) is 6.92 Å². The zero-order valence-corrected chi connectivity index (χ0v) is 19.5. The van der Waals surface area contributed by atoms with Crippen molar-refractivity contribution >= 4 is 11.7 Å². The maximum atomic E-state index is 9.66. The Kier molecular flexibility index (Phi) is 5.77. The number of aryl methyl sites for hydroxylation is 2. The molecule has 0 bridgehead atoms. The second-order valence-corrected chi connectivity index (χ2v) is 9.09. The standard InChI is InChI=1S/C27H31N5O/c1-18-12-13-21-8-4-6-10-23(21)27(28-20(3)17-33)29-24(18)16-31-15-22-9-5-7-11-25(22)32-26(31)14-19(2)30-32/h4-11,14,20,33H,12-13,15-17H2,1-3H3,(H,28,29). The van der Waals surface area contributed by atoms with Gasteiger partial charge in [-0.15, -0.1) is 0 Å². The monoisotopic (exact) mass is 441 g/mol. The number of aliphatic hydroxyl groups is 1. The second-order valence-electron chi connectivity index (χ2n) is 9.09. The largest absolute Gasteiger partial charge is 0.394 e. The molecule has 2 N–H and O–H groups in total. The van der Waals surface area contributed by atoms with E-state index in [9.17, 15) is 5.11 Å². The van der Waals surface area contributed by atoms with Gasteiger partial charge in [-0.1, -0.05) is 48.0 Å². The van der Waals surface area contributed by atoms with E-state index in [-0.39, 0.29) is 12.6 Å². The van der Waals surface area contributed by atoms with Crippen LogP contribution in [0.15, 0.2) is 70.9 Å². The van der Waals surface area contributed by atoms with Crippen molar-refractivity contribution in [1.82, 2.24) is 15.1 Å². The van der Waals surface area contributed by atoms with E-state index in [2.05, 4.69) is 76.4 Å². The molecular weight excluding hydrogens is 410 g/mol. The summed E-state index contributed by atoms with van der Waals surface area (Å²) in [6.07, 6.45) is 1.96. The summed E-state index contributed by atoms with van der Waals surface area (Å²) in [6, 6.07) is 18.9. The third-order valence-electron chi connectivity index (χ3n) is 6.51. The molecule has 1 atom stereocenters. The van der Waals surface area contributed by atoms with Gasteiger partial charge >= 0.3 is 0 Å². The molecule has 0 fully saturated rings. The third-order valence-corrected chi connectivity index (χ3v) is 6.51. The highest BCUT2D eigenvalue weighted by Crippen LogP contribution is 2.32. The SMILES string of the molecule is CC1=C(CN2Cc3ccccc3-n3nc(C)cc32)NC(=NC(C)CO)c2ccccc2CC1. The smallest absolute Gasteiger partial charge is 0.133 e. The Labute approximate surface area is 195 Å². The molecule has 2 aliphatic rings. The Hall–Kier alpha value is -3.38.